The zero-order valence-electron chi connectivity index (χ0n) is 12.4. The second-order valence-corrected chi connectivity index (χ2v) is 5.26. The highest BCUT2D eigenvalue weighted by molar-refractivity contribution is 5.87. The summed E-state index contributed by atoms with van der Waals surface area (Å²) in [6.45, 7) is 0.638. The SMILES string of the molecule is CON(C)C(=O)C1(c2cccc(C(F)(F)F)c2)CCOCC1. The number of hydrogen-bond donors (Lipinski definition) is 0. The van der Waals surface area contributed by atoms with E-state index in [9.17, 15) is 18.0 Å². The third-order valence-electron chi connectivity index (χ3n) is 4.06. The first-order chi connectivity index (χ1) is 10.3. The highest BCUT2D eigenvalue weighted by Crippen LogP contribution is 2.39. The zero-order valence-corrected chi connectivity index (χ0v) is 12.4. The molecule has 1 aromatic rings. The van der Waals surface area contributed by atoms with Gasteiger partial charge in [0.25, 0.3) is 5.91 Å². The van der Waals surface area contributed by atoms with Crippen molar-refractivity contribution in [2.45, 2.75) is 24.4 Å². The number of carbonyl (C=O) groups is 1. The van der Waals surface area contributed by atoms with Crippen molar-refractivity contribution in [2.24, 2.45) is 0 Å². The third kappa shape index (κ3) is 3.10. The van der Waals surface area contributed by atoms with Crippen LogP contribution in [-0.2, 0) is 26.0 Å². The maximum atomic E-state index is 12.9. The predicted octanol–water partition coefficient (Wildman–Crippen LogP) is 2.77. The molecule has 0 saturated carbocycles. The quantitative estimate of drug-likeness (QED) is 0.805. The molecule has 1 aliphatic heterocycles. The first kappa shape index (κ1) is 16.8. The van der Waals surface area contributed by atoms with Crippen molar-refractivity contribution in [3.63, 3.8) is 0 Å². The summed E-state index contributed by atoms with van der Waals surface area (Å²) in [6.07, 6.45) is -3.81. The van der Waals surface area contributed by atoms with Crippen LogP contribution in [0.25, 0.3) is 0 Å². The van der Waals surface area contributed by atoms with E-state index in [1.54, 1.807) is 6.07 Å². The van der Waals surface area contributed by atoms with E-state index >= 15 is 0 Å². The summed E-state index contributed by atoms with van der Waals surface area (Å²) in [5, 5.41) is 1.06. The van der Waals surface area contributed by atoms with Crippen molar-refractivity contribution in [2.75, 3.05) is 27.4 Å². The Hall–Kier alpha value is -1.60. The second-order valence-electron chi connectivity index (χ2n) is 5.26. The maximum Gasteiger partial charge on any atom is 0.416 e. The van der Waals surface area contributed by atoms with Gasteiger partial charge in [0.05, 0.1) is 18.1 Å². The Labute approximate surface area is 126 Å². The molecule has 0 N–H and O–H groups in total. The van der Waals surface area contributed by atoms with Crippen LogP contribution in [0.3, 0.4) is 0 Å². The fourth-order valence-corrected chi connectivity index (χ4v) is 2.72. The van der Waals surface area contributed by atoms with Gasteiger partial charge in [-0.2, -0.15) is 13.2 Å². The van der Waals surface area contributed by atoms with Crippen LogP contribution in [-0.4, -0.2) is 38.3 Å². The van der Waals surface area contributed by atoms with Crippen LogP contribution in [0.2, 0.25) is 0 Å². The Morgan fingerprint density at radius 3 is 2.50 bits per heavy atom. The van der Waals surface area contributed by atoms with Crippen LogP contribution in [0, 0.1) is 0 Å². The fourth-order valence-electron chi connectivity index (χ4n) is 2.72. The van der Waals surface area contributed by atoms with Gasteiger partial charge in [-0.1, -0.05) is 18.2 Å². The minimum atomic E-state index is -4.45. The van der Waals surface area contributed by atoms with E-state index in [0.717, 1.165) is 17.2 Å². The van der Waals surface area contributed by atoms with Gasteiger partial charge in [-0.25, -0.2) is 5.06 Å². The average Bonchev–Trinajstić information content (AvgIpc) is 2.53. The molecule has 1 heterocycles. The van der Waals surface area contributed by atoms with Crippen LogP contribution < -0.4 is 0 Å². The average molecular weight is 317 g/mol. The standard InChI is InChI=1S/C15H18F3NO3/c1-19(21-2)13(20)14(6-8-22-9-7-14)11-4-3-5-12(10-11)15(16,17)18/h3-5,10H,6-9H2,1-2H3. The van der Waals surface area contributed by atoms with E-state index < -0.39 is 17.2 Å². The molecule has 0 aliphatic carbocycles. The van der Waals surface area contributed by atoms with Crippen molar-refractivity contribution in [3.05, 3.63) is 35.4 Å². The summed E-state index contributed by atoms with van der Waals surface area (Å²) in [4.78, 5) is 17.6. The van der Waals surface area contributed by atoms with Crippen LogP contribution in [0.15, 0.2) is 24.3 Å². The Morgan fingerprint density at radius 1 is 1.32 bits per heavy atom. The molecule has 1 amide bonds. The first-order valence-electron chi connectivity index (χ1n) is 6.89. The van der Waals surface area contributed by atoms with Gasteiger partial charge in [0.2, 0.25) is 0 Å². The Morgan fingerprint density at radius 2 is 1.95 bits per heavy atom. The van der Waals surface area contributed by atoms with E-state index in [4.69, 9.17) is 9.57 Å². The molecule has 0 bridgehead atoms. The molecule has 4 nitrogen and oxygen atoms in total. The number of likely N-dealkylation sites (N-methyl/N-ethyl adjacent to an activating group) is 1. The third-order valence-corrected chi connectivity index (χ3v) is 4.06. The van der Waals surface area contributed by atoms with E-state index in [0.29, 0.717) is 31.6 Å². The summed E-state index contributed by atoms with van der Waals surface area (Å²) in [5.74, 6) is -0.363. The topological polar surface area (TPSA) is 38.8 Å². The van der Waals surface area contributed by atoms with Gasteiger partial charge in [-0.3, -0.25) is 9.63 Å². The maximum absolute atomic E-state index is 12.9. The van der Waals surface area contributed by atoms with Crippen molar-refractivity contribution in [1.29, 1.82) is 0 Å². The van der Waals surface area contributed by atoms with E-state index in [1.165, 1.54) is 20.2 Å². The van der Waals surface area contributed by atoms with Gasteiger partial charge in [0, 0.05) is 20.3 Å². The first-order valence-corrected chi connectivity index (χ1v) is 6.89. The minimum Gasteiger partial charge on any atom is -0.381 e. The monoisotopic (exact) mass is 317 g/mol. The molecule has 1 aromatic carbocycles. The number of alkyl halides is 3. The van der Waals surface area contributed by atoms with Crippen LogP contribution >= 0.6 is 0 Å². The van der Waals surface area contributed by atoms with Crippen molar-refractivity contribution in [1.82, 2.24) is 5.06 Å². The smallest absolute Gasteiger partial charge is 0.381 e. The molecule has 0 unspecified atom stereocenters. The molecule has 0 atom stereocenters. The number of ether oxygens (including phenoxy) is 1. The molecule has 22 heavy (non-hydrogen) atoms. The number of amides is 1. The van der Waals surface area contributed by atoms with Crippen LogP contribution in [0.4, 0.5) is 13.2 Å². The second kappa shape index (κ2) is 6.26. The highest BCUT2D eigenvalue weighted by atomic mass is 19.4. The molecule has 1 fully saturated rings. The Balaban J connectivity index is 2.48. The number of carbonyl (C=O) groups excluding carboxylic acids is 1. The molecule has 0 aromatic heterocycles. The number of hydrogen-bond acceptors (Lipinski definition) is 3. The van der Waals surface area contributed by atoms with E-state index in [-0.39, 0.29) is 5.91 Å². The molecule has 0 radical (unpaired) electrons. The van der Waals surface area contributed by atoms with Crippen LogP contribution in [0.5, 0.6) is 0 Å². The van der Waals surface area contributed by atoms with Crippen molar-refractivity contribution >= 4 is 5.91 Å². The lowest BCUT2D eigenvalue weighted by Gasteiger charge is -2.38. The molecule has 122 valence electrons. The van der Waals surface area contributed by atoms with Gasteiger partial charge in [-0.15, -0.1) is 0 Å². The summed E-state index contributed by atoms with van der Waals surface area (Å²) in [5.41, 5.74) is -1.46. The normalized spacial score (nSPS) is 18.0. The zero-order chi connectivity index (χ0) is 16.4. The lowest BCUT2D eigenvalue weighted by molar-refractivity contribution is -0.179. The summed E-state index contributed by atoms with van der Waals surface area (Å²) < 4.78 is 44.1. The summed E-state index contributed by atoms with van der Waals surface area (Å²) >= 11 is 0. The van der Waals surface area contributed by atoms with E-state index in [1.807, 2.05) is 0 Å². The Bertz CT molecular complexity index is 539. The lowest BCUT2D eigenvalue weighted by Crippen LogP contribution is -2.48. The lowest BCUT2D eigenvalue weighted by atomic mass is 9.73. The molecule has 1 aliphatic rings. The van der Waals surface area contributed by atoms with Crippen LogP contribution in [0.1, 0.15) is 24.0 Å². The molecular formula is C15H18F3NO3. The van der Waals surface area contributed by atoms with Gasteiger partial charge in [-0.05, 0) is 24.5 Å². The number of halogens is 3. The largest absolute Gasteiger partial charge is 0.416 e. The van der Waals surface area contributed by atoms with Gasteiger partial charge < -0.3 is 4.74 Å². The van der Waals surface area contributed by atoms with Crippen molar-refractivity contribution < 1.29 is 27.5 Å². The molecule has 0 spiro atoms. The van der Waals surface area contributed by atoms with Crippen molar-refractivity contribution in [3.8, 4) is 0 Å². The number of rotatable bonds is 3. The summed E-state index contributed by atoms with van der Waals surface area (Å²) in [6, 6.07) is 4.94. The van der Waals surface area contributed by atoms with Gasteiger partial charge in [0.15, 0.2) is 0 Å². The Kier molecular flexibility index (Phi) is 4.77. The van der Waals surface area contributed by atoms with Gasteiger partial charge >= 0.3 is 6.18 Å². The fraction of sp³-hybridized carbons (Fsp3) is 0.533. The molecule has 1 saturated heterocycles. The highest BCUT2D eigenvalue weighted by Gasteiger charge is 2.44. The molecule has 7 heteroatoms. The predicted molar refractivity (Wildman–Crippen MR) is 73.0 cm³/mol. The van der Waals surface area contributed by atoms with E-state index in [2.05, 4.69) is 0 Å². The van der Waals surface area contributed by atoms with Gasteiger partial charge in [0.1, 0.15) is 0 Å². The number of nitrogens with zero attached hydrogens (tertiary/aromatic N) is 1. The number of hydroxylamine groups is 2. The molecular weight excluding hydrogens is 299 g/mol. The minimum absolute atomic E-state index is 0.319. The number of benzene rings is 1. The summed E-state index contributed by atoms with van der Waals surface area (Å²) in [7, 11) is 2.80. The molecule has 2 rings (SSSR count).